The molecule has 102 valence electrons. The second-order valence-corrected chi connectivity index (χ2v) is 5.43. The predicted octanol–water partition coefficient (Wildman–Crippen LogP) is 1.35. The number of nitrogens with zero attached hydrogens (tertiary/aromatic N) is 2. The molecule has 0 fully saturated rings. The molecular weight excluding hydrogens is 316 g/mol. The van der Waals surface area contributed by atoms with E-state index in [2.05, 4.69) is 26.1 Å². The molecule has 0 aliphatic carbocycles. The molecule has 1 unspecified atom stereocenters. The standard InChI is InChI=1S/C11H13BrN4O3/c1-4(2)8(11(18)19)16-3-5(12)7-6(10(16)17)9(13)15-14-7/h3-4,8H,1-2H3,(H,18,19)(H3,13,14,15). The van der Waals surface area contributed by atoms with Gasteiger partial charge in [-0.15, -0.1) is 0 Å². The maximum Gasteiger partial charge on any atom is 0.327 e. The van der Waals surface area contributed by atoms with Crippen LogP contribution in [0.3, 0.4) is 0 Å². The molecule has 1 atom stereocenters. The van der Waals surface area contributed by atoms with Crippen LogP contribution in [0, 0.1) is 5.92 Å². The average Bonchev–Trinajstić information content (AvgIpc) is 2.67. The number of pyridine rings is 1. The van der Waals surface area contributed by atoms with E-state index in [1.54, 1.807) is 13.8 Å². The molecular formula is C11H13BrN4O3. The van der Waals surface area contributed by atoms with Gasteiger partial charge >= 0.3 is 5.97 Å². The van der Waals surface area contributed by atoms with Gasteiger partial charge in [-0.2, -0.15) is 5.10 Å². The van der Waals surface area contributed by atoms with Crippen LogP contribution in [-0.2, 0) is 4.79 Å². The SMILES string of the molecule is CC(C)C(C(=O)O)n1cc(Br)c2[nH]nc(N)c2c1=O. The zero-order chi connectivity index (χ0) is 14.3. The van der Waals surface area contributed by atoms with Crippen molar-refractivity contribution in [3.05, 3.63) is 21.0 Å². The summed E-state index contributed by atoms with van der Waals surface area (Å²) < 4.78 is 1.71. The molecule has 0 aliphatic heterocycles. The zero-order valence-corrected chi connectivity index (χ0v) is 11.9. The van der Waals surface area contributed by atoms with Crippen LogP contribution in [0.1, 0.15) is 19.9 Å². The first-order valence-corrected chi connectivity index (χ1v) is 6.41. The maximum absolute atomic E-state index is 12.4. The first-order chi connectivity index (χ1) is 8.84. The lowest BCUT2D eigenvalue weighted by Gasteiger charge is -2.19. The molecule has 0 radical (unpaired) electrons. The number of aromatic nitrogens is 3. The highest BCUT2D eigenvalue weighted by atomic mass is 79.9. The van der Waals surface area contributed by atoms with Crippen molar-refractivity contribution in [3.63, 3.8) is 0 Å². The number of halogens is 1. The predicted molar refractivity (Wildman–Crippen MR) is 74.0 cm³/mol. The van der Waals surface area contributed by atoms with E-state index in [1.807, 2.05) is 0 Å². The quantitative estimate of drug-likeness (QED) is 0.786. The van der Waals surface area contributed by atoms with Crippen LogP contribution in [0.25, 0.3) is 10.9 Å². The Morgan fingerprint density at radius 1 is 1.58 bits per heavy atom. The molecule has 2 aromatic rings. The van der Waals surface area contributed by atoms with Gasteiger partial charge < -0.3 is 10.8 Å². The fourth-order valence-electron chi connectivity index (χ4n) is 2.05. The molecule has 0 saturated carbocycles. The third-order valence-electron chi connectivity index (χ3n) is 2.92. The average molecular weight is 329 g/mol. The number of nitrogens with two attached hydrogens (primary N) is 1. The Kier molecular flexibility index (Phi) is 3.36. The van der Waals surface area contributed by atoms with Crippen molar-refractivity contribution in [1.82, 2.24) is 14.8 Å². The smallest absolute Gasteiger partial charge is 0.327 e. The number of fused-ring (bicyclic) bond motifs is 1. The van der Waals surface area contributed by atoms with Crippen molar-refractivity contribution in [1.29, 1.82) is 0 Å². The number of H-pyrrole nitrogens is 1. The summed E-state index contributed by atoms with van der Waals surface area (Å²) >= 11 is 3.28. The number of anilines is 1. The number of nitrogen functional groups attached to an aromatic ring is 1. The van der Waals surface area contributed by atoms with Crippen LogP contribution < -0.4 is 11.3 Å². The first-order valence-electron chi connectivity index (χ1n) is 5.61. The van der Waals surface area contributed by atoms with E-state index >= 15 is 0 Å². The molecule has 0 spiro atoms. The Morgan fingerprint density at radius 3 is 2.74 bits per heavy atom. The van der Waals surface area contributed by atoms with Crippen LogP contribution in [0.2, 0.25) is 0 Å². The van der Waals surface area contributed by atoms with E-state index in [1.165, 1.54) is 10.8 Å². The van der Waals surface area contributed by atoms with E-state index < -0.39 is 17.6 Å². The lowest BCUT2D eigenvalue weighted by atomic mass is 10.0. The molecule has 0 amide bonds. The third-order valence-corrected chi connectivity index (χ3v) is 3.52. The number of rotatable bonds is 3. The van der Waals surface area contributed by atoms with Crippen molar-refractivity contribution in [2.24, 2.45) is 5.92 Å². The van der Waals surface area contributed by atoms with E-state index in [0.29, 0.717) is 9.99 Å². The Bertz CT molecular complexity index is 704. The molecule has 0 aliphatic rings. The van der Waals surface area contributed by atoms with Crippen molar-refractivity contribution in [2.45, 2.75) is 19.9 Å². The molecule has 4 N–H and O–H groups in total. The normalized spacial score (nSPS) is 13.1. The molecule has 2 rings (SSSR count). The third kappa shape index (κ3) is 2.12. The summed E-state index contributed by atoms with van der Waals surface area (Å²) in [6, 6.07) is -0.956. The lowest BCUT2D eigenvalue weighted by Crippen LogP contribution is -2.33. The summed E-state index contributed by atoms with van der Waals surface area (Å²) in [4.78, 5) is 23.7. The minimum absolute atomic E-state index is 0.0583. The summed E-state index contributed by atoms with van der Waals surface area (Å²) in [6.07, 6.45) is 1.45. The number of aliphatic carboxylic acids is 1. The van der Waals surface area contributed by atoms with Gasteiger partial charge in [-0.25, -0.2) is 4.79 Å². The van der Waals surface area contributed by atoms with E-state index in [9.17, 15) is 14.7 Å². The minimum Gasteiger partial charge on any atom is -0.480 e. The number of aromatic amines is 1. The summed E-state index contributed by atoms with van der Waals surface area (Å²) in [5.74, 6) is -1.25. The highest BCUT2D eigenvalue weighted by molar-refractivity contribution is 9.10. The molecule has 19 heavy (non-hydrogen) atoms. The molecule has 0 aromatic carbocycles. The highest BCUT2D eigenvalue weighted by Gasteiger charge is 2.26. The number of carbonyl (C=O) groups is 1. The topological polar surface area (TPSA) is 114 Å². The Labute approximate surface area is 116 Å². The van der Waals surface area contributed by atoms with Crippen molar-refractivity contribution < 1.29 is 9.90 Å². The maximum atomic E-state index is 12.4. The number of hydrogen-bond acceptors (Lipinski definition) is 4. The first kappa shape index (κ1) is 13.6. The van der Waals surface area contributed by atoms with Gasteiger partial charge in [0.15, 0.2) is 5.82 Å². The number of carboxylic acids is 1. The summed E-state index contributed by atoms with van der Waals surface area (Å²) in [6.45, 7) is 3.48. The Morgan fingerprint density at radius 2 is 2.21 bits per heavy atom. The highest BCUT2D eigenvalue weighted by Crippen LogP contribution is 2.25. The monoisotopic (exact) mass is 328 g/mol. The van der Waals surface area contributed by atoms with Gasteiger partial charge in [0.05, 0.1) is 9.99 Å². The molecule has 8 heteroatoms. The largest absolute Gasteiger partial charge is 0.480 e. The van der Waals surface area contributed by atoms with Gasteiger partial charge in [0.25, 0.3) is 5.56 Å². The Hall–Kier alpha value is -1.83. The number of nitrogens with one attached hydrogen (secondary N) is 1. The van der Waals surface area contributed by atoms with Crippen LogP contribution in [0.15, 0.2) is 15.5 Å². The van der Waals surface area contributed by atoms with E-state index in [4.69, 9.17) is 5.73 Å². The molecule has 2 aromatic heterocycles. The summed E-state index contributed by atoms with van der Waals surface area (Å²) in [5, 5.41) is 15.9. The van der Waals surface area contributed by atoms with Gasteiger partial charge in [-0.1, -0.05) is 13.8 Å². The number of hydrogen-bond donors (Lipinski definition) is 3. The number of carboxylic acid groups (broad SMARTS) is 1. The van der Waals surface area contributed by atoms with Crippen LogP contribution in [-0.4, -0.2) is 25.8 Å². The van der Waals surface area contributed by atoms with Crippen LogP contribution in [0.5, 0.6) is 0 Å². The van der Waals surface area contributed by atoms with Crippen LogP contribution in [0.4, 0.5) is 5.82 Å². The fraction of sp³-hybridized carbons (Fsp3) is 0.364. The summed E-state index contributed by atoms with van der Waals surface area (Å²) in [7, 11) is 0. The summed E-state index contributed by atoms with van der Waals surface area (Å²) in [5.41, 5.74) is 5.64. The van der Waals surface area contributed by atoms with Gasteiger partial charge in [-0.3, -0.25) is 14.5 Å². The molecule has 0 bridgehead atoms. The van der Waals surface area contributed by atoms with Crippen molar-refractivity contribution in [3.8, 4) is 0 Å². The van der Waals surface area contributed by atoms with Gasteiger partial charge in [0.2, 0.25) is 0 Å². The van der Waals surface area contributed by atoms with Crippen molar-refractivity contribution >= 4 is 38.6 Å². The van der Waals surface area contributed by atoms with Crippen LogP contribution >= 0.6 is 15.9 Å². The lowest BCUT2D eigenvalue weighted by molar-refractivity contribution is -0.142. The van der Waals surface area contributed by atoms with E-state index in [-0.39, 0.29) is 17.1 Å². The second-order valence-electron chi connectivity index (χ2n) is 4.58. The minimum atomic E-state index is -1.06. The van der Waals surface area contributed by atoms with Gasteiger partial charge in [-0.05, 0) is 21.8 Å². The fourth-order valence-corrected chi connectivity index (χ4v) is 2.56. The molecule has 7 nitrogen and oxygen atoms in total. The van der Waals surface area contributed by atoms with E-state index in [0.717, 1.165) is 0 Å². The van der Waals surface area contributed by atoms with Gasteiger partial charge in [0, 0.05) is 6.20 Å². The molecule has 0 saturated heterocycles. The zero-order valence-electron chi connectivity index (χ0n) is 10.3. The van der Waals surface area contributed by atoms with Crippen molar-refractivity contribution in [2.75, 3.05) is 5.73 Å². The Balaban J connectivity index is 2.81. The second kappa shape index (κ2) is 4.69. The molecule has 2 heterocycles. The van der Waals surface area contributed by atoms with Gasteiger partial charge in [0.1, 0.15) is 11.4 Å².